The van der Waals surface area contributed by atoms with Crippen molar-refractivity contribution in [3.63, 3.8) is 0 Å². The van der Waals surface area contributed by atoms with Gasteiger partial charge in [0, 0.05) is 32.8 Å². The van der Waals surface area contributed by atoms with E-state index in [1.54, 1.807) is 0 Å². The molecule has 2 aromatic heterocycles. The summed E-state index contributed by atoms with van der Waals surface area (Å²) in [6.07, 6.45) is 0. The molecule has 14 aromatic rings. The van der Waals surface area contributed by atoms with Crippen molar-refractivity contribution in [1.29, 1.82) is 0 Å². The van der Waals surface area contributed by atoms with Gasteiger partial charge in [-0.15, -0.1) is 0 Å². The van der Waals surface area contributed by atoms with E-state index in [-0.39, 0.29) is 0 Å². The molecule has 3 heteroatoms. The van der Waals surface area contributed by atoms with Gasteiger partial charge in [-0.25, -0.2) is 0 Å². The van der Waals surface area contributed by atoms with E-state index in [4.69, 9.17) is 4.42 Å². The van der Waals surface area contributed by atoms with Crippen LogP contribution < -0.4 is 4.90 Å². The zero-order chi connectivity index (χ0) is 45.4. The van der Waals surface area contributed by atoms with E-state index in [0.29, 0.717) is 0 Å². The molecule has 0 atom stereocenters. The van der Waals surface area contributed by atoms with Crippen molar-refractivity contribution in [3.8, 4) is 39.1 Å². The van der Waals surface area contributed by atoms with Gasteiger partial charge in [0.25, 0.3) is 0 Å². The van der Waals surface area contributed by atoms with E-state index >= 15 is 0 Å². The first-order valence-electron chi connectivity index (χ1n) is 23.7. The molecule has 69 heavy (non-hydrogen) atoms. The molecule has 322 valence electrons. The maximum absolute atomic E-state index is 7.02. The highest BCUT2D eigenvalue weighted by Gasteiger charge is 2.26. The molecule has 0 aliphatic carbocycles. The Balaban J connectivity index is 0.993. The zero-order valence-corrected chi connectivity index (χ0v) is 37.6. The third-order valence-corrected chi connectivity index (χ3v) is 14.2. The average molecular weight is 879 g/mol. The summed E-state index contributed by atoms with van der Waals surface area (Å²) in [5.74, 6) is 0. The Labute approximate surface area is 399 Å². The number of fused-ring (bicyclic) bond motifs is 9. The van der Waals surface area contributed by atoms with E-state index in [9.17, 15) is 0 Å². The summed E-state index contributed by atoms with van der Waals surface area (Å²) < 4.78 is 9.47. The number of benzene rings is 12. The van der Waals surface area contributed by atoms with Crippen LogP contribution in [0.2, 0.25) is 0 Å². The molecule has 0 saturated carbocycles. The number of nitrogens with zero attached hydrogens (tertiary/aromatic N) is 2. The number of rotatable bonds is 7. The molecule has 0 amide bonds. The minimum absolute atomic E-state index is 0.856. The van der Waals surface area contributed by atoms with Gasteiger partial charge >= 0.3 is 0 Å². The van der Waals surface area contributed by atoms with Crippen LogP contribution in [0.15, 0.2) is 259 Å². The molecule has 0 bridgehead atoms. The summed E-state index contributed by atoms with van der Waals surface area (Å²) in [4.78, 5) is 2.46. The quantitative estimate of drug-likeness (QED) is 0.159. The highest BCUT2D eigenvalue weighted by molar-refractivity contribution is 6.22. The second-order valence-corrected chi connectivity index (χ2v) is 18.0. The van der Waals surface area contributed by atoms with Gasteiger partial charge in [-0.1, -0.05) is 194 Å². The van der Waals surface area contributed by atoms with Crippen LogP contribution in [0.25, 0.3) is 115 Å². The van der Waals surface area contributed by atoms with Gasteiger partial charge in [0.1, 0.15) is 11.2 Å². The van der Waals surface area contributed by atoms with E-state index in [2.05, 4.69) is 264 Å². The fraction of sp³-hybridized carbons (Fsp3) is 0. The summed E-state index contributed by atoms with van der Waals surface area (Å²) in [5.41, 5.74) is 15.3. The van der Waals surface area contributed by atoms with Crippen LogP contribution in [0.3, 0.4) is 0 Å². The van der Waals surface area contributed by atoms with E-state index in [1.165, 1.54) is 59.8 Å². The molecule has 0 unspecified atom stereocenters. The van der Waals surface area contributed by atoms with Crippen molar-refractivity contribution in [2.24, 2.45) is 0 Å². The molecule has 2 heterocycles. The highest BCUT2D eigenvalue weighted by atomic mass is 16.3. The normalized spacial score (nSPS) is 11.8. The lowest BCUT2D eigenvalue weighted by Crippen LogP contribution is -2.11. The Bertz CT molecular complexity index is 4290. The Morgan fingerprint density at radius 2 is 0.870 bits per heavy atom. The molecular weight excluding hydrogens is 837 g/mol. The number of para-hydroxylation sites is 2. The van der Waals surface area contributed by atoms with Crippen LogP contribution in [0.4, 0.5) is 17.1 Å². The first-order valence-corrected chi connectivity index (χ1v) is 23.7. The molecule has 0 N–H and O–H groups in total. The molecule has 0 spiro atoms. The Morgan fingerprint density at radius 3 is 1.67 bits per heavy atom. The van der Waals surface area contributed by atoms with E-state index in [0.717, 1.165) is 72.4 Å². The van der Waals surface area contributed by atoms with Gasteiger partial charge in [-0.2, -0.15) is 0 Å². The Kier molecular flexibility index (Phi) is 8.90. The third-order valence-electron chi connectivity index (χ3n) is 14.2. The molecule has 0 saturated heterocycles. The average Bonchev–Trinajstić information content (AvgIpc) is 3.98. The van der Waals surface area contributed by atoms with Crippen molar-refractivity contribution in [1.82, 2.24) is 4.57 Å². The minimum atomic E-state index is 0.856. The highest BCUT2D eigenvalue weighted by Crippen LogP contribution is 2.50. The molecule has 3 nitrogen and oxygen atoms in total. The monoisotopic (exact) mass is 878 g/mol. The van der Waals surface area contributed by atoms with Gasteiger partial charge in [0.05, 0.1) is 33.5 Å². The predicted octanol–water partition coefficient (Wildman–Crippen LogP) is 18.6. The molecule has 14 rings (SSSR count). The van der Waals surface area contributed by atoms with Gasteiger partial charge in [0.2, 0.25) is 0 Å². The van der Waals surface area contributed by atoms with Crippen LogP contribution in [0, 0.1) is 0 Å². The van der Waals surface area contributed by atoms with Gasteiger partial charge in [-0.3, -0.25) is 0 Å². The summed E-state index contributed by atoms with van der Waals surface area (Å²) in [7, 11) is 0. The van der Waals surface area contributed by atoms with E-state index < -0.39 is 0 Å². The standard InChI is InChI=1S/C66H42N2O/c1-2-17-49-42-50(35-34-43(49)14-1)46-32-30-44(31-33-46)45-36-38-51(39-37-45)67(60-27-13-28-61-64(60)56-22-7-9-25-59(56)68(61)58-26-12-19-48-16-4-6-21-53(48)58)62-41-40-55(54-24-11-18-47-15-3-5-20-52(47)54)66-65(62)57-23-8-10-29-63(57)69-66/h1-42H. The smallest absolute Gasteiger partial charge is 0.145 e. The van der Waals surface area contributed by atoms with Crippen molar-refractivity contribution in [3.05, 3.63) is 255 Å². The fourth-order valence-corrected chi connectivity index (χ4v) is 11.0. The fourth-order valence-electron chi connectivity index (χ4n) is 11.0. The van der Waals surface area contributed by atoms with Crippen LogP contribution >= 0.6 is 0 Å². The third kappa shape index (κ3) is 6.29. The first-order chi connectivity index (χ1) is 34.2. The number of furan rings is 1. The minimum Gasteiger partial charge on any atom is -0.455 e. The van der Waals surface area contributed by atoms with Crippen LogP contribution in [0.5, 0.6) is 0 Å². The second-order valence-electron chi connectivity index (χ2n) is 18.0. The second kappa shape index (κ2) is 15.7. The van der Waals surface area contributed by atoms with Crippen LogP contribution in [-0.2, 0) is 0 Å². The van der Waals surface area contributed by atoms with Crippen LogP contribution in [0.1, 0.15) is 0 Å². The predicted molar refractivity (Wildman–Crippen MR) is 292 cm³/mol. The van der Waals surface area contributed by atoms with Crippen molar-refractivity contribution in [2.75, 3.05) is 4.90 Å². The Hall–Kier alpha value is -9.18. The Morgan fingerprint density at radius 1 is 0.319 bits per heavy atom. The van der Waals surface area contributed by atoms with Crippen molar-refractivity contribution < 1.29 is 4.42 Å². The number of anilines is 3. The first kappa shape index (κ1) is 39.0. The van der Waals surface area contributed by atoms with Gasteiger partial charge < -0.3 is 13.9 Å². The molecular formula is C66H42N2O. The summed E-state index contributed by atoms with van der Waals surface area (Å²) in [5, 5.41) is 11.8. The largest absolute Gasteiger partial charge is 0.455 e. The van der Waals surface area contributed by atoms with Crippen LogP contribution in [-0.4, -0.2) is 4.57 Å². The molecule has 0 aliphatic rings. The van der Waals surface area contributed by atoms with Gasteiger partial charge in [-0.05, 0) is 115 Å². The maximum Gasteiger partial charge on any atom is 0.145 e. The molecule has 0 fully saturated rings. The lowest BCUT2D eigenvalue weighted by atomic mass is 9.95. The molecule has 12 aromatic carbocycles. The van der Waals surface area contributed by atoms with Crippen molar-refractivity contribution in [2.45, 2.75) is 0 Å². The molecule has 0 aliphatic heterocycles. The summed E-state index contributed by atoms with van der Waals surface area (Å²) in [6, 6.07) is 92.5. The van der Waals surface area contributed by atoms with Gasteiger partial charge in [0.15, 0.2) is 0 Å². The number of aromatic nitrogens is 1. The summed E-state index contributed by atoms with van der Waals surface area (Å²) >= 11 is 0. The SMILES string of the molecule is c1ccc2cc(-c3ccc(-c4ccc(N(c5ccc(-c6cccc7ccccc67)c6oc7ccccc7c56)c5cccc6c5c5ccccc5n6-c5cccc6ccccc56)cc4)cc3)ccc2c1. The lowest BCUT2D eigenvalue weighted by Gasteiger charge is -2.28. The zero-order valence-electron chi connectivity index (χ0n) is 37.6. The number of hydrogen-bond donors (Lipinski definition) is 0. The molecule has 0 radical (unpaired) electrons. The topological polar surface area (TPSA) is 21.3 Å². The van der Waals surface area contributed by atoms with E-state index in [1.807, 2.05) is 0 Å². The summed E-state index contributed by atoms with van der Waals surface area (Å²) in [6.45, 7) is 0. The number of hydrogen-bond acceptors (Lipinski definition) is 2. The lowest BCUT2D eigenvalue weighted by molar-refractivity contribution is 0.670. The maximum atomic E-state index is 7.02. The van der Waals surface area contributed by atoms with Crippen molar-refractivity contribution >= 4 is 93.1 Å².